The number of carbonyl (C=O) groups excluding carboxylic acids is 2. The monoisotopic (exact) mass is 434 g/mol. The lowest BCUT2D eigenvalue weighted by Crippen LogP contribution is -2.37. The molecule has 166 valence electrons. The lowest BCUT2D eigenvalue weighted by molar-refractivity contribution is -0.137. The number of carbonyl (C=O) groups is 2. The number of halogens is 3. The second-order valence-corrected chi connectivity index (χ2v) is 8.22. The van der Waals surface area contributed by atoms with Crippen LogP contribution in [-0.2, 0) is 21.1 Å². The van der Waals surface area contributed by atoms with E-state index in [0.717, 1.165) is 18.6 Å². The van der Waals surface area contributed by atoms with Crippen molar-refractivity contribution < 1.29 is 27.5 Å². The van der Waals surface area contributed by atoms with Gasteiger partial charge in [0, 0.05) is 29.8 Å². The molecule has 0 aromatic heterocycles. The zero-order valence-electron chi connectivity index (χ0n) is 17.4. The molecule has 0 radical (unpaired) electrons. The molecule has 1 unspecified atom stereocenters. The molecule has 0 saturated carbocycles. The van der Waals surface area contributed by atoms with Crippen LogP contribution < -0.4 is 10.6 Å². The normalized spacial score (nSPS) is 16.7. The van der Waals surface area contributed by atoms with Gasteiger partial charge in [-0.25, -0.2) is 0 Å². The number of benzene rings is 2. The van der Waals surface area contributed by atoms with Crippen LogP contribution in [0.4, 0.5) is 18.9 Å². The van der Waals surface area contributed by atoms with Gasteiger partial charge >= 0.3 is 6.18 Å². The van der Waals surface area contributed by atoms with Crippen molar-refractivity contribution in [3.8, 4) is 0 Å². The van der Waals surface area contributed by atoms with Crippen molar-refractivity contribution in [2.24, 2.45) is 0 Å². The van der Waals surface area contributed by atoms with Crippen molar-refractivity contribution in [2.75, 3.05) is 18.5 Å². The molecule has 8 heteroatoms. The topological polar surface area (TPSA) is 67.4 Å². The smallest absolute Gasteiger partial charge is 0.368 e. The minimum absolute atomic E-state index is 0.139. The zero-order chi connectivity index (χ0) is 22.6. The van der Waals surface area contributed by atoms with Gasteiger partial charge in [0.1, 0.15) is 6.10 Å². The number of ether oxygens (including phenoxy) is 1. The number of alkyl halides is 3. The van der Waals surface area contributed by atoms with E-state index in [1.165, 1.54) is 6.07 Å². The van der Waals surface area contributed by atoms with E-state index < -0.39 is 23.3 Å². The molecule has 5 nitrogen and oxygen atoms in total. The Labute approximate surface area is 179 Å². The van der Waals surface area contributed by atoms with Crippen LogP contribution in [0, 0.1) is 0 Å². The Balaban J connectivity index is 1.64. The fraction of sp³-hybridized carbons (Fsp3) is 0.391. The van der Waals surface area contributed by atoms with E-state index in [-0.39, 0.29) is 18.4 Å². The molecular weight excluding hydrogens is 409 g/mol. The van der Waals surface area contributed by atoms with Crippen molar-refractivity contribution in [1.29, 1.82) is 0 Å². The zero-order valence-corrected chi connectivity index (χ0v) is 17.4. The van der Waals surface area contributed by atoms with Gasteiger partial charge in [-0.2, -0.15) is 13.2 Å². The molecule has 2 N–H and O–H groups in total. The van der Waals surface area contributed by atoms with E-state index in [1.807, 2.05) is 0 Å². The molecule has 1 aliphatic rings. The summed E-state index contributed by atoms with van der Waals surface area (Å²) in [5.74, 6) is -0.631. The standard InChI is InChI=1S/C23H25F3N2O3/c1-22(2,16-7-4-8-17(13-16)23(24,25)26)14-27-20(29)15-6-3-9-18(12-15)28-21(30)19-10-5-11-31-19/h3-4,6-9,12-13,19H,5,10-11,14H2,1-2H3,(H,27,29)(H,28,30). The van der Waals surface area contributed by atoms with Gasteiger partial charge in [0.15, 0.2) is 0 Å². The summed E-state index contributed by atoms with van der Waals surface area (Å²) in [6, 6.07) is 11.6. The number of anilines is 1. The van der Waals surface area contributed by atoms with Crippen molar-refractivity contribution in [3.63, 3.8) is 0 Å². The highest BCUT2D eigenvalue weighted by Crippen LogP contribution is 2.32. The van der Waals surface area contributed by atoms with Crippen molar-refractivity contribution in [2.45, 2.75) is 44.4 Å². The van der Waals surface area contributed by atoms with Crippen LogP contribution in [0.15, 0.2) is 48.5 Å². The second kappa shape index (κ2) is 9.09. The molecule has 1 fully saturated rings. The molecular formula is C23H25F3N2O3. The Kier molecular flexibility index (Phi) is 6.69. The van der Waals surface area contributed by atoms with Crippen LogP contribution in [0.5, 0.6) is 0 Å². The van der Waals surface area contributed by atoms with Gasteiger partial charge in [-0.05, 0) is 42.7 Å². The van der Waals surface area contributed by atoms with E-state index in [4.69, 9.17) is 4.74 Å². The van der Waals surface area contributed by atoms with E-state index in [1.54, 1.807) is 44.2 Å². The highest BCUT2D eigenvalue weighted by Gasteiger charge is 2.32. The maximum Gasteiger partial charge on any atom is 0.416 e. The Morgan fingerprint density at radius 1 is 1.06 bits per heavy atom. The molecule has 1 aliphatic heterocycles. The first kappa shape index (κ1) is 22.8. The third-order valence-corrected chi connectivity index (χ3v) is 5.28. The lowest BCUT2D eigenvalue weighted by atomic mass is 9.83. The van der Waals surface area contributed by atoms with E-state index in [0.29, 0.717) is 29.8 Å². The summed E-state index contributed by atoms with van der Waals surface area (Å²) in [6.07, 6.45) is -3.41. The molecule has 2 aromatic carbocycles. The van der Waals surface area contributed by atoms with Crippen LogP contribution in [0.2, 0.25) is 0 Å². The average molecular weight is 434 g/mol. The molecule has 2 amide bonds. The number of hydrogen-bond acceptors (Lipinski definition) is 3. The minimum atomic E-state index is -4.43. The van der Waals surface area contributed by atoms with E-state index >= 15 is 0 Å². The third-order valence-electron chi connectivity index (χ3n) is 5.28. The summed E-state index contributed by atoms with van der Waals surface area (Å²) in [5, 5.41) is 5.52. The maximum absolute atomic E-state index is 13.0. The van der Waals surface area contributed by atoms with Gasteiger partial charge in [-0.15, -0.1) is 0 Å². The molecule has 1 atom stereocenters. The number of rotatable bonds is 6. The Morgan fingerprint density at radius 2 is 1.77 bits per heavy atom. The maximum atomic E-state index is 13.0. The predicted molar refractivity (Wildman–Crippen MR) is 111 cm³/mol. The number of amides is 2. The van der Waals surface area contributed by atoms with Gasteiger partial charge in [-0.3, -0.25) is 9.59 Å². The lowest BCUT2D eigenvalue weighted by Gasteiger charge is -2.26. The molecule has 3 rings (SSSR count). The molecule has 0 spiro atoms. The van der Waals surface area contributed by atoms with Crippen molar-refractivity contribution >= 4 is 17.5 Å². The molecule has 0 aliphatic carbocycles. The van der Waals surface area contributed by atoms with Gasteiger partial charge in [-0.1, -0.05) is 38.1 Å². The first-order valence-electron chi connectivity index (χ1n) is 10.0. The van der Waals surface area contributed by atoms with Crippen molar-refractivity contribution in [3.05, 3.63) is 65.2 Å². The number of nitrogens with one attached hydrogen (secondary N) is 2. The third kappa shape index (κ3) is 5.85. The molecule has 31 heavy (non-hydrogen) atoms. The molecule has 1 heterocycles. The molecule has 2 aromatic rings. The minimum Gasteiger partial charge on any atom is -0.368 e. The van der Waals surface area contributed by atoms with Crippen LogP contribution in [0.3, 0.4) is 0 Å². The summed E-state index contributed by atoms with van der Waals surface area (Å²) < 4.78 is 44.4. The molecule has 1 saturated heterocycles. The SMILES string of the molecule is CC(C)(CNC(=O)c1cccc(NC(=O)C2CCCO2)c1)c1cccc(C(F)(F)F)c1. The summed E-state index contributed by atoms with van der Waals surface area (Å²) in [7, 11) is 0. The first-order valence-corrected chi connectivity index (χ1v) is 10.0. The molecule has 0 bridgehead atoms. The van der Waals surface area contributed by atoms with Gasteiger partial charge in [0.2, 0.25) is 0 Å². The van der Waals surface area contributed by atoms with Gasteiger partial charge in [0.25, 0.3) is 11.8 Å². The fourth-order valence-electron chi connectivity index (χ4n) is 3.37. The summed E-state index contributed by atoms with van der Waals surface area (Å²) >= 11 is 0. The van der Waals surface area contributed by atoms with E-state index in [9.17, 15) is 22.8 Å². The number of hydrogen-bond donors (Lipinski definition) is 2. The largest absolute Gasteiger partial charge is 0.416 e. The summed E-state index contributed by atoms with van der Waals surface area (Å²) in [5.41, 5.74) is -0.155. The van der Waals surface area contributed by atoms with Crippen LogP contribution in [-0.4, -0.2) is 31.1 Å². The van der Waals surface area contributed by atoms with Crippen LogP contribution >= 0.6 is 0 Å². The summed E-state index contributed by atoms with van der Waals surface area (Å²) in [4.78, 5) is 24.8. The van der Waals surface area contributed by atoms with Gasteiger partial charge in [0.05, 0.1) is 5.56 Å². The predicted octanol–water partition coefficient (Wildman–Crippen LogP) is 4.53. The average Bonchev–Trinajstić information content (AvgIpc) is 3.27. The van der Waals surface area contributed by atoms with Crippen molar-refractivity contribution in [1.82, 2.24) is 5.32 Å². The first-order chi connectivity index (χ1) is 14.6. The highest BCUT2D eigenvalue weighted by atomic mass is 19.4. The van der Waals surface area contributed by atoms with Crippen LogP contribution in [0.1, 0.15) is 48.2 Å². The fourth-order valence-corrected chi connectivity index (χ4v) is 3.37. The van der Waals surface area contributed by atoms with Gasteiger partial charge < -0.3 is 15.4 Å². The quantitative estimate of drug-likeness (QED) is 0.702. The summed E-state index contributed by atoms with van der Waals surface area (Å²) in [6.45, 7) is 4.23. The second-order valence-electron chi connectivity index (χ2n) is 8.22. The van der Waals surface area contributed by atoms with Crippen LogP contribution in [0.25, 0.3) is 0 Å². The Hall–Kier alpha value is -2.87. The van der Waals surface area contributed by atoms with E-state index in [2.05, 4.69) is 10.6 Å². The highest BCUT2D eigenvalue weighted by molar-refractivity contribution is 5.98. The Bertz CT molecular complexity index is 951. The Morgan fingerprint density at radius 3 is 2.45 bits per heavy atom.